The summed E-state index contributed by atoms with van der Waals surface area (Å²) in [5, 5.41) is 9.05. The van der Waals surface area contributed by atoms with Gasteiger partial charge in [0.15, 0.2) is 0 Å². The van der Waals surface area contributed by atoms with Gasteiger partial charge in [-0.05, 0) is 34.1 Å². The molecule has 0 aromatic heterocycles. The highest BCUT2D eigenvalue weighted by molar-refractivity contribution is 5.52. The molecule has 0 aromatic carbocycles. The van der Waals surface area contributed by atoms with Crippen LogP contribution in [0, 0.1) is 5.92 Å². The van der Waals surface area contributed by atoms with E-state index in [1.807, 2.05) is 34.6 Å². The molecular weight excluding hydrogens is 180 g/mol. The minimum absolute atomic E-state index is 0.0144. The Morgan fingerprint density at radius 1 is 1.29 bits per heavy atom. The van der Waals surface area contributed by atoms with Crippen molar-refractivity contribution in [1.82, 2.24) is 0 Å². The van der Waals surface area contributed by atoms with Crippen LogP contribution in [0.4, 0.5) is 0 Å². The van der Waals surface area contributed by atoms with Crippen molar-refractivity contribution in [2.24, 2.45) is 5.92 Å². The minimum atomic E-state index is -0.549. The number of aliphatic hydroxyl groups is 1. The second kappa shape index (κ2) is 4.89. The van der Waals surface area contributed by atoms with Gasteiger partial charge in [-0.1, -0.05) is 6.92 Å². The van der Waals surface area contributed by atoms with Crippen LogP contribution in [0.3, 0.4) is 0 Å². The lowest BCUT2D eigenvalue weighted by Gasteiger charge is -2.35. The standard InChI is InChI=1S/C11H22O3/c1-9(7-12)6-10(2,3)14-11(4,5)8-13/h7,9,13H,6,8H2,1-5H3. The number of rotatable bonds is 6. The maximum absolute atomic E-state index is 10.5. The van der Waals surface area contributed by atoms with E-state index in [0.717, 1.165) is 6.29 Å². The Bertz CT molecular complexity index is 185. The third-order valence-corrected chi connectivity index (χ3v) is 1.98. The fourth-order valence-electron chi connectivity index (χ4n) is 1.65. The van der Waals surface area contributed by atoms with Gasteiger partial charge >= 0.3 is 0 Å². The number of hydrogen-bond donors (Lipinski definition) is 1. The number of ether oxygens (including phenoxy) is 1. The van der Waals surface area contributed by atoms with E-state index in [1.165, 1.54) is 0 Å². The Hall–Kier alpha value is -0.410. The molecule has 84 valence electrons. The van der Waals surface area contributed by atoms with E-state index in [4.69, 9.17) is 9.84 Å². The van der Waals surface area contributed by atoms with E-state index in [9.17, 15) is 4.79 Å². The second-order valence-corrected chi connectivity index (χ2v) is 5.10. The molecule has 0 aliphatic heterocycles. The molecule has 0 aliphatic carbocycles. The number of carbonyl (C=O) groups is 1. The molecule has 3 heteroatoms. The van der Waals surface area contributed by atoms with E-state index in [-0.39, 0.29) is 18.1 Å². The lowest BCUT2D eigenvalue weighted by molar-refractivity contribution is -0.150. The Morgan fingerprint density at radius 3 is 2.14 bits per heavy atom. The van der Waals surface area contributed by atoms with Gasteiger partial charge in [0.2, 0.25) is 0 Å². The van der Waals surface area contributed by atoms with Crippen LogP contribution in [0.5, 0.6) is 0 Å². The third-order valence-electron chi connectivity index (χ3n) is 1.98. The lowest BCUT2D eigenvalue weighted by atomic mass is 9.94. The average Bonchev–Trinajstić information content (AvgIpc) is 2.01. The maximum Gasteiger partial charge on any atom is 0.122 e. The first kappa shape index (κ1) is 13.6. The summed E-state index contributed by atoms with van der Waals surface area (Å²) in [4.78, 5) is 10.5. The fraction of sp³-hybridized carbons (Fsp3) is 0.909. The summed E-state index contributed by atoms with van der Waals surface area (Å²) in [7, 11) is 0. The average molecular weight is 202 g/mol. The van der Waals surface area contributed by atoms with Crippen molar-refractivity contribution in [3.8, 4) is 0 Å². The predicted molar refractivity (Wildman–Crippen MR) is 56.2 cm³/mol. The van der Waals surface area contributed by atoms with E-state index in [2.05, 4.69) is 0 Å². The molecular formula is C11H22O3. The molecule has 0 bridgehead atoms. The van der Waals surface area contributed by atoms with Crippen molar-refractivity contribution in [3.63, 3.8) is 0 Å². The summed E-state index contributed by atoms with van der Waals surface area (Å²) in [6, 6.07) is 0. The quantitative estimate of drug-likeness (QED) is 0.668. The molecule has 14 heavy (non-hydrogen) atoms. The summed E-state index contributed by atoms with van der Waals surface area (Å²) in [5.41, 5.74) is -0.932. The summed E-state index contributed by atoms with van der Waals surface area (Å²) in [5.74, 6) is -0.0144. The van der Waals surface area contributed by atoms with Crippen LogP contribution >= 0.6 is 0 Å². The monoisotopic (exact) mass is 202 g/mol. The molecule has 0 amide bonds. The third kappa shape index (κ3) is 5.35. The first-order chi connectivity index (χ1) is 6.22. The first-order valence-electron chi connectivity index (χ1n) is 4.99. The highest BCUT2D eigenvalue weighted by Crippen LogP contribution is 2.25. The highest BCUT2D eigenvalue weighted by Gasteiger charge is 2.29. The van der Waals surface area contributed by atoms with E-state index >= 15 is 0 Å². The first-order valence-corrected chi connectivity index (χ1v) is 4.99. The van der Waals surface area contributed by atoms with Gasteiger partial charge in [0, 0.05) is 5.92 Å². The molecule has 1 atom stereocenters. The molecule has 1 unspecified atom stereocenters. The minimum Gasteiger partial charge on any atom is -0.393 e. The fourth-order valence-corrected chi connectivity index (χ4v) is 1.65. The molecule has 0 saturated carbocycles. The van der Waals surface area contributed by atoms with Gasteiger partial charge in [0.05, 0.1) is 17.8 Å². The molecule has 3 nitrogen and oxygen atoms in total. The van der Waals surface area contributed by atoms with Crippen molar-refractivity contribution in [2.75, 3.05) is 6.61 Å². The van der Waals surface area contributed by atoms with E-state index in [1.54, 1.807) is 0 Å². The van der Waals surface area contributed by atoms with Crippen LogP contribution in [-0.4, -0.2) is 29.2 Å². The molecule has 0 aromatic rings. The normalized spacial score (nSPS) is 15.3. The van der Waals surface area contributed by atoms with Crippen molar-refractivity contribution < 1.29 is 14.6 Å². The van der Waals surface area contributed by atoms with E-state index < -0.39 is 5.60 Å². The van der Waals surface area contributed by atoms with Crippen molar-refractivity contribution in [2.45, 2.75) is 52.2 Å². The number of aldehydes is 1. The van der Waals surface area contributed by atoms with Gasteiger partial charge in [-0.15, -0.1) is 0 Å². The van der Waals surface area contributed by atoms with Crippen LogP contribution in [0.2, 0.25) is 0 Å². The molecule has 1 N–H and O–H groups in total. The molecule has 0 heterocycles. The Morgan fingerprint density at radius 2 is 1.79 bits per heavy atom. The summed E-state index contributed by atoms with van der Waals surface area (Å²) in [6.07, 6.45) is 1.59. The zero-order valence-corrected chi connectivity index (χ0v) is 9.83. The van der Waals surface area contributed by atoms with Crippen molar-refractivity contribution in [1.29, 1.82) is 0 Å². The molecule has 0 saturated heterocycles. The van der Waals surface area contributed by atoms with Gasteiger partial charge < -0.3 is 14.6 Å². The van der Waals surface area contributed by atoms with Crippen LogP contribution in [0.1, 0.15) is 41.0 Å². The van der Waals surface area contributed by atoms with Crippen molar-refractivity contribution >= 4 is 6.29 Å². The Balaban J connectivity index is 4.26. The maximum atomic E-state index is 10.5. The predicted octanol–water partition coefficient (Wildman–Crippen LogP) is 1.78. The number of carbonyl (C=O) groups excluding carboxylic acids is 1. The molecule has 0 rings (SSSR count). The number of hydrogen-bond acceptors (Lipinski definition) is 3. The summed E-state index contributed by atoms with van der Waals surface area (Å²) < 4.78 is 5.74. The van der Waals surface area contributed by atoms with Gasteiger partial charge in [-0.2, -0.15) is 0 Å². The van der Waals surface area contributed by atoms with Crippen LogP contribution < -0.4 is 0 Å². The summed E-state index contributed by atoms with van der Waals surface area (Å²) >= 11 is 0. The van der Waals surface area contributed by atoms with Gasteiger partial charge in [-0.25, -0.2) is 0 Å². The smallest absolute Gasteiger partial charge is 0.122 e. The zero-order valence-electron chi connectivity index (χ0n) is 9.83. The molecule has 0 spiro atoms. The van der Waals surface area contributed by atoms with Gasteiger partial charge in [0.25, 0.3) is 0 Å². The lowest BCUT2D eigenvalue weighted by Crippen LogP contribution is -2.40. The second-order valence-electron chi connectivity index (χ2n) is 5.10. The Kier molecular flexibility index (Phi) is 4.75. The van der Waals surface area contributed by atoms with Gasteiger partial charge in [-0.3, -0.25) is 0 Å². The SMILES string of the molecule is CC(C=O)CC(C)(C)OC(C)(C)CO. The van der Waals surface area contributed by atoms with E-state index in [0.29, 0.717) is 6.42 Å². The van der Waals surface area contributed by atoms with Crippen LogP contribution in [-0.2, 0) is 9.53 Å². The Labute approximate surface area is 86.5 Å². The highest BCUT2D eigenvalue weighted by atomic mass is 16.5. The molecule has 0 radical (unpaired) electrons. The van der Waals surface area contributed by atoms with Gasteiger partial charge in [0.1, 0.15) is 6.29 Å². The topological polar surface area (TPSA) is 46.5 Å². The molecule has 0 fully saturated rings. The zero-order chi connectivity index (χ0) is 11.4. The largest absolute Gasteiger partial charge is 0.393 e. The molecule has 0 aliphatic rings. The van der Waals surface area contributed by atoms with Crippen molar-refractivity contribution in [3.05, 3.63) is 0 Å². The van der Waals surface area contributed by atoms with Crippen LogP contribution in [0.15, 0.2) is 0 Å². The number of aliphatic hydroxyl groups excluding tert-OH is 1. The van der Waals surface area contributed by atoms with Crippen LogP contribution in [0.25, 0.3) is 0 Å². The summed E-state index contributed by atoms with van der Waals surface area (Å²) in [6.45, 7) is 9.38.